The van der Waals surface area contributed by atoms with Gasteiger partial charge in [0.1, 0.15) is 33.3 Å². The second-order valence-electron chi connectivity index (χ2n) is 8.46. The standard InChI is InChI=1S/C24H32B2O3/c1-6-16(7-2)12-22(28)15(3)29-23-11-9-18(14-20(23)26)24(4,5)17-8-10-21(27)19(25)13-17/h8-11,13-16,22,27-28H,6-7,12H2,1-5H3/t15-,22?/m1/s1. The second kappa shape index (κ2) is 9.75. The lowest BCUT2D eigenvalue weighted by Gasteiger charge is -2.29. The fraction of sp³-hybridized carbons (Fsp3) is 0.500. The number of aromatic hydroxyl groups is 1. The van der Waals surface area contributed by atoms with Gasteiger partial charge in [-0.05, 0) is 42.5 Å². The zero-order valence-corrected chi connectivity index (χ0v) is 18.3. The Kier molecular flexibility index (Phi) is 7.87. The summed E-state index contributed by atoms with van der Waals surface area (Å²) in [6, 6.07) is 11.0. The number of hydrogen-bond acceptors (Lipinski definition) is 3. The molecular formula is C24H32B2O3. The summed E-state index contributed by atoms with van der Waals surface area (Å²) >= 11 is 0. The van der Waals surface area contributed by atoms with E-state index in [0.717, 1.165) is 30.4 Å². The molecule has 2 N–H and O–H groups in total. The minimum atomic E-state index is -0.532. The fourth-order valence-electron chi connectivity index (χ4n) is 3.59. The molecule has 0 saturated heterocycles. The highest BCUT2D eigenvalue weighted by Gasteiger charge is 2.25. The number of aliphatic hydroxyl groups is 1. The largest absolute Gasteiger partial charge is 0.509 e. The van der Waals surface area contributed by atoms with Crippen LogP contribution in [-0.2, 0) is 5.41 Å². The van der Waals surface area contributed by atoms with Crippen molar-refractivity contribution in [1.29, 1.82) is 0 Å². The van der Waals surface area contributed by atoms with Gasteiger partial charge in [0.15, 0.2) is 0 Å². The van der Waals surface area contributed by atoms with Gasteiger partial charge in [-0.1, -0.05) is 75.7 Å². The number of rotatable bonds is 9. The number of ether oxygens (including phenoxy) is 1. The zero-order valence-electron chi connectivity index (χ0n) is 18.3. The van der Waals surface area contributed by atoms with Crippen LogP contribution in [0.4, 0.5) is 0 Å². The van der Waals surface area contributed by atoms with Crippen LogP contribution in [0.15, 0.2) is 36.4 Å². The van der Waals surface area contributed by atoms with E-state index < -0.39 is 6.10 Å². The third-order valence-corrected chi connectivity index (χ3v) is 6.06. The predicted octanol–water partition coefficient (Wildman–Crippen LogP) is 3.26. The average Bonchev–Trinajstić information content (AvgIpc) is 2.69. The normalized spacial score (nSPS) is 14.0. The molecule has 0 saturated carbocycles. The van der Waals surface area contributed by atoms with Gasteiger partial charge in [0.25, 0.3) is 0 Å². The van der Waals surface area contributed by atoms with Gasteiger partial charge < -0.3 is 14.9 Å². The van der Waals surface area contributed by atoms with E-state index >= 15 is 0 Å². The van der Waals surface area contributed by atoms with E-state index in [0.29, 0.717) is 22.6 Å². The van der Waals surface area contributed by atoms with E-state index in [1.54, 1.807) is 12.1 Å². The zero-order chi connectivity index (χ0) is 21.8. The molecule has 0 aromatic heterocycles. The van der Waals surface area contributed by atoms with Gasteiger partial charge in [-0.3, -0.25) is 0 Å². The van der Waals surface area contributed by atoms with Gasteiger partial charge in [-0.25, -0.2) is 0 Å². The molecular weight excluding hydrogens is 358 g/mol. The Morgan fingerprint density at radius 1 is 0.966 bits per heavy atom. The van der Waals surface area contributed by atoms with Crippen LogP contribution in [0.2, 0.25) is 0 Å². The first kappa shape index (κ1) is 23.4. The maximum absolute atomic E-state index is 10.5. The number of benzene rings is 2. The molecule has 0 heterocycles. The van der Waals surface area contributed by atoms with Gasteiger partial charge in [-0.15, -0.1) is 0 Å². The van der Waals surface area contributed by atoms with E-state index in [-0.39, 0.29) is 17.3 Å². The lowest BCUT2D eigenvalue weighted by Crippen LogP contribution is -2.32. The second-order valence-corrected chi connectivity index (χ2v) is 8.46. The molecule has 0 spiro atoms. The van der Waals surface area contributed by atoms with Crippen molar-refractivity contribution in [2.75, 3.05) is 0 Å². The van der Waals surface area contributed by atoms with Gasteiger partial charge in [0, 0.05) is 5.41 Å². The SMILES string of the molecule is [B]c1cc(C(C)(C)c2ccc(O[C@H](C)C(O)CC(CC)CC)c([B])c2)ccc1O. The molecule has 2 atom stereocenters. The topological polar surface area (TPSA) is 49.7 Å². The third kappa shape index (κ3) is 5.60. The van der Waals surface area contributed by atoms with E-state index in [1.165, 1.54) is 0 Å². The van der Waals surface area contributed by atoms with Crippen LogP contribution in [0.1, 0.15) is 65.0 Å². The molecule has 29 heavy (non-hydrogen) atoms. The third-order valence-electron chi connectivity index (χ3n) is 6.06. The fourth-order valence-corrected chi connectivity index (χ4v) is 3.59. The van der Waals surface area contributed by atoms with Crippen LogP contribution in [0, 0.1) is 5.92 Å². The minimum Gasteiger partial charge on any atom is -0.509 e. The Morgan fingerprint density at radius 2 is 1.52 bits per heavy atom. The molecule has 4 radical (unpaired) electrons. The summed E-state index contributed by atoms with van der Waals surface area (Å²) in [6.07, 6.45) is 1.95. The smallest absolute Gasteiger partial charge is 0.122 e. The maximum Gasteiger partial charge on any atom is 0.122 e. The van der Waals surface area contributed by atoms with Crippen LogP contribution < -0.4 is 15.7 Å². The summed E-state index contributed by atoms with van der Waals surface area (Å²) in [5.41, 5.74) is 2.52. The Hall–Kier alpha value is -1.87. The Bertz CT molecular complexity index is 816. The number of phenolic OH excluding ortho intramolecular Hbond substituents is 1. The average molecular weight is 390 g/mol. The van der Waals surface area contributed by atoms with E-state index in [2.05, 4.69) is 27.7 Å². The Morgan fingerprint density at radius 3 is 2.03 bits per heavy atom. The molecule has 5 heteroatoms. The monoisotopic (exact) mass is 390 g/mol. The lowest BCUT2D eigenvalue weighted by atomic mass is 9.74. The van der Waals surface area contributed by atoms with E-state index in [4.69, 9.17) is 20.4 Å². The van der Waals surface area contributed by atoms with E-state index in [1.807, 2.05) is 31.2 Å². The number of aliphatic hydroxyl groups excluding tert-OH is 1. The van der Waals surface area contributed by atoms with Crippen LogP contribution in [0.5, 0.6) is 11.5 Å². The first-order valence-electron chi connectivity index (χ1n) is 10.4. The molecule has 2 aromatic carbocycles. The molecule has 0 aliphatic carbocycles. The van der Waals surface area contributed by atoms with E-state index in [9.17, 15) is 10.2 Å². The van der Waals surface area contributed by atoms with Crippen molar-refractivity contribution in [1.82, 2.24) is 0 Å². The predicted molar refractivity (Wildman–Crippen MR) is 122 cm³/mol. The van der Waals surface area contributed by atoms with Crippen molar-refractivity contribution >= 4 is 26.6 Å². The maximum atomic E-state index is 10.5. The van der Waals surface area contributed by atoms with Gasteiger partial charge >= 0.3 is 0 Å². The number of hydrogen-bond donors (Lipinski definition) is 2. The number of phenols is 1. The van der Waals surface area contributed by atoms with Crippen molar-refractivity contribution in [2.24, 2.45) is 5.92 Å². The lowest BCUT2D eigenvalue weighted by molar-refractivity contribution is 0.0301. The molecule has 0 aliphatic heterocycles. The first-order chi connectivity index (χ1) is 13.6. The highest BCUT2D eigenvalue weighted by Crippen LogP contribution is 2.32. The molecule has 0 amide bonds. The van der Waals surface area contributed by atoms with Crippen molar-refractivity contribution < 1.29 is 14.9 Å². The quantitative estimate of drug-likeness (QED) is 0.647. The molecule has 152 valence electrons. The molecule has 0 fully saturated rings. The molecule has 0 aliphatic rings. The summed E-state index contributed by atoms with van der Waals surface area (Å²) in [6.45, 7) is 10.3. The summed E-state index contributed by atoms with van der Waals surface area (Å²) in [4.78, 5) is 0. The van der Waals surface area contributed by atoms with Gasteiger partial charge in [0.05, 0.1) is 6.10 Å². The van der Waals surface area contributed by atoms with Gasteiger partial charge in [-0.2, -0.15) is 0 Å². The van der Waals surface area contributed by atoms with Crippen LogP contribution in [0.3, 0.4) is 0 Å². The van der Waals surface area contributed by atoms with Crippen LogP contribution in [-0.4, -0.2) is 38.1 Å². The molecule has 0 bridgehead atoms. The van der Waals surface area contributed by atoms with Crippen molar-refractivity contribution in [3.8, 4) is 11.5 Å². The summed E-state index contributed by atoms with van der Waals surface area (Å²) in [7, 11) is 12.1. The minimum absolute atomic E-state index is 0.0775. The first-order valence-corrected chi connectivity index (χ1v) is 10.4. The summed E-state index contributed by atoms with van der Waals surface area (Å²) < 4.78 is 5.98. The van der Waals surface area contributed by atoms with Crippen molar-refractivity contribution in [3.05, 3.63) is 47.5 Å². The Labute approximate surface area is 178 Å². The molecule has 3 nitrogen and oxygen atoms in total. The molecule has 2 rings (SSSR count). The van der Waals surface area contributed by atoms with Crippen molar-refractivity contribution in [2.45, 2.75) is 71.5 Å². The van der Waals surface area contributed by atoms with Crippen molar-refractivity contribution in [3.63, 3.8) is 0 Å². The highest BCUT2D eigenvalue weighted by molar-refractivity contribution is 6.34. The highest BCUT2D eigenvalue weighted by atomic mass is 16.5. The molecule has 2 aromatic rings. The van der Waals surface area contributed by atoms with Gasteiger partial charge in [0.2, 0.25) is 0 Å². The van der Waals surface area contributed by atoms with Crippen LogP contribution in [0.25, 0.3) is 0 Å². The summed E-state index contributed by atoms with van der Waals surface area (Å²) in [5, 5.41) is 20.2. The Balaban J connectivity index is 2.18. The van der Waals surface area contributed by atoms with Crippen LogP contribution >= 0.6 is 0 Å². The summed E-state index contributed by atoms with van der Waals surface area (Å²) in [5.74, 6) is 1.15. The molecule has 1 unspecified atom stereocenters.